The number of amides is 2. The number of carbonyl (C=O) groups excluding carboxylic acids is 2. The van der Waals surface area contributed by atoms with E-state index in [1.165, 1.54) is 0 Å². The zero-order valence-electron chi connectivity index (χ0n) is 13.5. The molecule has 0 aromatic heterocycles. The van der Waals surface area contributed by atoms with E-state index in [1.807, 2.05) is 13.8 Å². The molecular formula is C17H23ClN2O3. The number of benzene rings is 1. The number of carbonyl (C=O) groups is 2. The Labute approximate surface area is 141 Å². The van der Waals surface area contributed by atoms with Crippen molar-refractivity contribution in [3.8, 4) is 0 Å². The van der Waals surface area contributed by atoms with Crippen LogP contribution < -0.4 is 5.32 Å². The number of rotatable bonds is 4. The fourth-order valence-corrected chi connectivity index (χ4v) is 2.82. The summed E-state index contributed by atoms with van der Waals surface area (Å²) >= 11 is 5.82. The van der Waals surface area contributed by atoms with Crippen LogP contribution in [0, 0.1) is 5.92 Å². The van der Waals surface area contributed by atoms with Crippen LogP contribution in [0.15, 0.2) is 24.3 Å². The van der Waals surface area contributed by atoms with Gasteiger partial charge in [-0.05, 0) is 43.0 Å². The molecule has 2 rings (SSSR count). The van der Waals surface area contributed by atoms with Gasteiger partial charge in [0.05, 0.1) is 6.10 Å². The monoisotopic (exact) mass is 338 g/mol. The Kier molecular flexibility index (Phi) is 6.02. The molecule has 1 aliphatic rings. The minimum atomic E-state index is -0.608. The number of hydrogen-bond acceptors (Lipinski definition) is 3. The highest BCUT2D eigenvalue weighted by Crippen LogP contribution is 2.15. The zero-order valence-corrected chi connectivity index (χ0v) is 14.2. The Balaban J connectivity index is 2.07. The standard InChI is InChI=1S/C17H23ClN2O3/c1-11(2)15(17(23)20-9-3-4-14(21)10-20)19-16(22)12-5-7-13(18)8-6-12/h5-8,11,14-15,21H,3-4,9-10H2,1-2H3,(H,19,22)/t14-,15-/m1/s1. The largest absolute Gasteiger partial charge is 0.391 e. The maximum Gasteiger partial charge on any atom is 0.251 e. The Morgan fingerprint density at radius 2 is 1.96 bits per heavy atom. The van der Waals surface area contributed by atoms with Crippen molar-refractivity contribution in [1.29, 1.82) is 0 Å². The maximum atomic E-state index is 12.7. The van der Waals surface area contributed by atoms with E-state index in [4.69, 9.17) is 11.6 Å². The minimum Gasteiger partial charge on any atom is -0.391 e. The number of likely N-dealkylation sites (tertiary alicyclic amines) is 1. The molecule has 1 aromatic carbocycles. The van der Waals surface area contributed by atoms with E-state index < -0.39 is 12.1 Å². The lowest BCUT2D eigenvalue weighted by Crippen LogP contribution is -2.54. The normalized spacial score (nSPS) is 19.5. The fourth-order valence-electron chi connectivity index (χ4n) is 2.69. The lowest BCUT2D eigenvalue weighted by atomic mass is 10.00. The summed E-state index contributed by atoms with van der Waals surface area (Å²) in [4.78, 5) is 26.7. The van der Waals surface area contributed by atoms with Crippen LogP contribution in [0.25, 0.3) is 0 Å². The van der Waals surface area contributed by atoms with Gasteiger partial charge in [0.25, 0.3) is 5.91 Å². The summed E-state index contributed by atoms with van der Waals surface area (Å²) in [6, 6.07) is 5.94. The van der Waals surface area contributed by atoms with Crippen LogP contribution in [-0.4, -0.2) is 47.1 Å². The van der Waals surface area contributed by atoms with Crippen molar-refractivity contribution in [3.05, 3.63) is 34.9 Å². The van der Waals surface area contributed by atoms with Gasteiger partial charge in [0.15, 0.2) is 0 Å². The zero-order chi connectivity index (χ0) is 17.0. The van der Waals surface area contributed by atoms with Crippen LogP contribution in [0.5, 0.6) is 0 Å². The van der Waals surface area contributed by atoms with Gasteiger partial charge in [0.1, 0.15) is 6.04 Å². The lowest BCUT2D eigenvalue weighted by molar-refractivity contribution is -0.137. The van der Waals surface area contributed by atoms with Crippen molar-refractivity contribution in [2.24, 2.45) is 5.92 Å². The summed E-state index contributed by atoms with van der Waals surface area (Å²) in [5.74, 6) is -0.481. The van der Waals surface area contributed by atoms with E-state index in [0.29, 0.717) is 30.1 Å². The summed E-state index contributed by atoms with van der Waals surface area (Å²) in [5, 5.41) is 13.1. The molecule has 0 bridgehead atoms. The van der Waals surface area contributed by atoms with E-state index in [0.717, 1.165) is 6.42 Å². The van der Waals surface area contributed by atoms with Crippen molar-refractivity contribution in [2.75, 3.05) is 13.1 Å². The van der Waals surface area contributed by atoms with Crippen molar-refractivity contribution in [1.82, 2.24) is 10.2 Å². The fraction of sp³-hybridized carbons (Fsp3) is 0.529. The predicted octanol–water partition coefficient (Wildman–Crippen LogP) is 2.08. The van der Waals surface area contributed by atoms with Crippen LogP contribution in [0.2, 0.25) is 5.02 Å². The topological polar surface area (TPSA) is 69.6 Å². The summed E-state index contributed by atoms with van der Waals surface area (Å²) in [7, 11) is 0. The van der Waals surface area contributed by atoms with Crippen LogP contribution in [0.3, 0.4) is 0 Å². The number of nitrogens with one attached hydrogen (secondary N) is 1. The predicted molar refractivity (Wildman–Crippen MR) is 89.4 cm³/mol. The molecule has 2 amide bonds. The second kappa shape index (κ2) is 7.79. The molecule has 0 aliphatic carbocycles. The Morgan fingerprint density at radius 1 is 1.30 bits per heavy atom. The SMILES string of the molecule is CC(C)[C@@H](NC(=O)c1ccc(Cl)cc1)C(=O)N1CCC[C@@H](O)C1. The minimum absolute atomic E-state index is 0.0437. The molecule has 126 valence electrons. The van der Waals surface area contributed by atoms with E-state index >= 15 is 0 Å². The summed E-state index contributed by atoms with van der Waals surface area (Å²) in [5.41, 5.74) is 0.464. The number of halogens is 1. The molecule has 1 heterocycles. The van der Waals surface area contributed by atoms with Crippen molar-refractivity contribution in [2.45, 2.75) is 38.8 Å². The summed E-state index contributed by atoms with van der Waals surface area (Å²) < 4.78 is 0. The number of nitrogens with zero attached hydrogens (tertiary/aromatic N) is 1. The molecule has 0 saturated carbocycles. The third-order valence-electron chi connectivity index (χ3n) is 4.03. The molecule has 2 atom stereocenters. The molecule has 23 heavy (non-hydrogen) atoms. The van der Waals surface area contributed by atoms with E-state index in [-0.39, 0.29) is 17.7 Å². The average molecular weight is 339 g/mol. The smallest absolute Gasteiger partial charge is 0.251 e. The van der Waals surface area contributed by atoms with Crippen molar-refractivity contribution >= 4 is 23.4 Å². The van der Waals surface area contributed by atoms with Gasteiger partial charge in [-0.1, -0.05) is 25.4 Å². The average Bonchev–Trinajstić information content (AvgIpc) is 2.52. The van der Waals surface area contributed by atoms with Crippen LogP contribution in [0.1, 0.15) is 37.0 Å². The first-order valence-electron chi connectivity index (χ1n) is 7.91. The number of aliphatic hydroxyl groups is 1. The third kappa shape index (κ3) is 4.69. The third-order valence-corrected chi connectivity index (χ3v) is 4.29. The first-order chi connectivity index (χ1) is 10.9. The highest BCUT2D eigenvalue weighted by molar-refractivity contribution is 6.30. The summed E-state index contributed by atoms with van der Waals surface area (Å²) in [6.07, 6.45) is 1.02. The van der Waals surface area contributed by atoms with Gasteiger partial charge in [-0.25, -0.2) is 0 Å². The number of piperidine rings is 1. The first kappa shape index (κ1) is 17.8. The molecule has 0 radical (unpaired) electrons. The molecule has 0 spiro atoms. The highest BCUT2D eigenvalue weighted by atomic mass is 35.5. The van der Waals surface area contributed by atoms with E-state index in [1.54, 1.807) is 29.2 Å². The molecule has 1 fully saturated rings. The molecule has 5 nitrogen and oxygen atoms in total. The number of aliphatic hydroxyl groups excluding tert-OH is 1. The number of hydrogen-bond donors (Lipinski definition) is 2. The Hall–Kier alpha value is -1.59. The molecule has 1 aliphatic heterocycles. The molecule has 0 unspecified atom stereocenters. The maximum absolute atomic E-state index is 12.7. The van der Waals surface area contributed by atoms with Crippen LogP contribution in [-0.2, 0) is 4.79 Å². The highest BCUT2D eigenvalue weighted by Gasteiger charge is 2.31. The molecule has 6 heteroatoms. The van der Waals surface area contributed by atoms with Gasteiger partial charge in [-0.2, -0.15) is 0 Å². The molecule has 1 saturated heterocycles. The van der Waals surface area contributed by atoms with Crippen LogP contribution in [0.4, 0.5) is 0 Å². The summed E-state index contributed by atoms with van der Waals surface area (Å²) in [6.45, 7) is 4.74. The molecule has 1 aromatic rings. The Morgan fingerprint density at radius 3 is 2.52 bits per heavy atom. The van der Waals surface area contributed by atoms with Gasteiger partial charge >= 0.3 is 0 Å². The lowest BCUT2D eigenvalue weighted by Gasteiger charge is -2.34. The molecule has 2 N–H and O–H groups in total. The quantitative estimate of drug-likeness (QED) is 0.883. The molecular weight excluding hydrogens is 316 g/mol. The van der Waals surface area contributed by atoms with E-state index in [2.05, 4.69) is 5.32 Å². The Bertz CT molecular complexity index is 559. The van der Waals surface area contributed by atoms with Gasteiger partial charge in [0, 0.05) is 23.7 Å². The second-order valence-corrected chi connectivity index (χ2v) is 6.72. The van der Waals surface area contributed by atoms with Gasteiger partial charge < -0.3 is 15.3 Å². The van der Waals surface area contributed by atoms with Gasteiger partial charge in [-0.15, -0.1) is 0 Å². The second-order valence-electron chi connectivity index (χ2n) is 6.28. The van der Waals surface area contributed by atoms with Crippen molar-refractivity contribution in [3.63, 3.8) is 0 Å². The van der Waals surface area contributed by atoms with Crippen molar-refractivity contribution < 1.29 is 14.7 Å². The van der Waals surface area contributed by atoms with Crippen LogP contribution >= 0.6 is 11.6 Å². The van der Waals surface area contributed by atoms with E-state index in [9.17, 15) is 14.7 Å². The first-order valence-corrected chi connectivity index (χ1v) is 8.29. The van der Waals surface area contributed by atoms with Gasteiger partial charge in [0.2, 0.25) is 5.91 Å². The van der Waals surface area contributed by atoms with Gasteiger partial charge in [-0.3, -0.25) is 9.59 Å². The number of β-amino-alcohol motifs (C(OH)–C–C–N with tert-alkyl or cyclic N) is 1.